The first-order chi connectivity index (χ1) is 13.6. The summed E-state index contributed by atoms with van der Waals surface area (Å²) in [6.07, 6.45) is 9.80. The number of hydrogen-bond acceptors (Lipinski definition) is 6. The van der Waals surface area contributed by atoms with Gasteiger partial charge in [0, 0.05) is 81.6 Å². The number of likely N-dealkylation sites (tertiary alicyclic amines) is 1. The number of rotatable bonds is 4. The molecule has 2 aromatic heterocycles. The number of aryl methyl sites for hydroxylation is 1. The molecule has 0 spiro atoms. The van der Waals surface area contributed by atoms with E-state index in [-0.39, 0.29) is 5.91 Å². The van der Waals surface area contributed by atoms with Crippen LogP contribution in [0.25, 0.3) is 0 Å². The minimum atomic E-state index is 0.119. The van der Waals surface area contributed by atoms with E-state index in [2.05, 4.69) is 26.8 Å². The van der Waals surface area contributed by atoms with Gasteiger partial charge in [-0.05, 0) is 19.4 Å². The highest BCUT2D eigenvalue weighted by molar-refractivity contribution is 5.73. The second-order valence-corrected chi connectivity index (χ2v) is 7.83. The Morgan fingerprint density at radius 3 is 2.75 bits per heavy atom. The van der Waals surface area contributed by atoms with Crippen molar-refractivity contribution in [2.75, 3.05) is 19.6 Å². The van der Waals surface area contributed by atoms with Crippen molar-refractivity contribution in [2.45, 2.75) is 58.5 Å². The average molecular weight is 380 g/mol. The lowest BCUT2D eigenvalue weighted by Gasteiger charge is -2.32. The molecule has 7 heteroatoms. The minimum absolute atomic E-state index is 0.119. The molecule has 1 fully saturated rings. The summed E-state index contributed by atoms with van der Waals surface area (Å²) < 4.78 is 0. The fourth-order valence-electron chi connectivity index (χ4n) is 4.11. The van der Waals surface area contributed by atoms with E-state index in [0.717, 1.165) is 80.3 Å². The van der Waals surface area contributed by atoms with Crippen molar-refractivity contribution in [3.05, 3.63) is 47.1 Å². The van der Waals surface area contributed by atoms with Crippen LogP contribution in [0.1, 0.15) is 61.1 Å². The number of carbonyl (C=O) groups excluding carboxylic acids is 1. The Kier molecular flexibility index (Phi) is 5.62. The minimum Gasteiger partial charge on any atom is -0.338 e. The molecule has 1 saturated heterocycles. The largest absolute Gasteiger partial charge is 0.338 e. The molecule has 7 nitrogen and oxygen atoms in total. The number of piperidine rings is 1. The van der Waals surface area contributed by atoms with E-state index in [1.165, 1.54) is 0 Å². The lowest BCUT2D eigenvalue weighted by molar-refractivity contribution is -0.129. The van der Waals surface area contributed by atoms with E-state index in [4.69, 9.17) is 4.98 Å². The fourth-order valence-corrected chi connectivity index (χ4v) is 4.11. The highest BCUT2D eigenvalue weighted by atomic mass is 16.2. The maximum absolute atomic E-state index is 11.6. The summed E-state index contributed by atoms with van der Waals surface area (Å²) in [6.45, 7) is 8.01. The van der Waals surface area contributed by atoms with Gasteiger partial charge in [-0.25, -0.2) is 19.9 Å². The first-order valence-corrected chi connectivity index (χ1v) is 10.2. The van der Waals surface area contributed by atoms with E-state index >= 15 is 0 Å². The van der Waals surface area contributed by atoms with Gasteiger partial charge in [0.2, 0.25) is 5.91 Å². The second-order valence-electron chi connectivity index (χ2n) is 7.83. The van der Waals surface area contributed by atoms with Gasteiger partial charge >= 0.3 is 0 Å². The monoisotopic (exact) mass is 380 g/mol. The first-order valence-electron chi connectivity index (χ1n) is 10.2. The van der Waals surface area contributed by atoms with Gasteiger partial charge in [-0.15, -0.1) is 0 Å². The van der Waals surface area contributed by atoms with Gasteiger partial charge < -0.3 is 4.90 Å². The van der Waals surface area contributed by atoms with Crippen LogP contribution in [-0.2, 0) is 30.7 Å². The maximum atomic E-state index is 11.6. The second kappa shape index (κ2) is 8.31. The number of hydrogen-bond donors (Lipinski definition) is 0. The SMILES string of the molecule is CCc1ncc(CN2CCC[C@H](c3ncc4c(n3)CCN(C(C)=O)C4)C2)cn1. The van der Waals surface area contributed by atoms with Gasteiger partial charge in [-0.2, -0.15) is 0 Å². The van der Waals surface area contributed by atoms with E-state index < -0.39 is 0 Å². The standard InChI is InChI=1S/C21H28N6O/c1-3-20-22-9-16(10-23-20)12-26-7-4-5-17(13-26)21-24-11-18-14-27(15(2)28)8-6-19(18)25-21/h9-11,17H,3-8,12-14H2,1-2H3/t17-/m0/s1. The number of carbonyl (C=O) groups is 1. The van der Waals surface area contributed by atoms with Crippen LogP contribution in [-0.4, -0.2) is 55.3 Å². The van der Waals surface area contributed by atoms with Crippen molar-refractivity contribution in [2.24, 2.45) is 0 Å². The zero-order chi connectivity index (χ0) is 19.5. The Morgan fingerprint density at radius 2 is 2.00 bits per heavy atom. The molecule has 2 aliphatic rings. The van der Waals surface area contributed by atoms with Crippen LogP contribution in [0.15, 0.2) is 18.6 Å². The third-order valence-electron chi connectivity index (χ3n) is 5.75. The van der Waals surface area contributed by atoms with Crippen molar-refractivity contribution in [1.82, 2.24) is 29.7 Å². The van der Waals surface area contributed by atoms with E-state index in [1.54, 1.807) is 6.92 Å². The molecule has 28 heavy (non-hydrogen) atoms. The molecule has 1 atom stereocenters. The molecule has 2 aromatic rings. The van der Waals surface area contributed by atoms with Crippen molar-refractivity contribution in [3.8, 4) is 0 Å². The van der Waals surface area contributed by atoms with Crippen molar-refractivity contribution < 1.29 is 4.79 Å². The zero-order valence-corrected chi connectivity index (χ0v) is 16.8. The fraction of sp³-hybridized carbons (Fsp3) is 0.571. The Labute approximate surface area is 166 Å². The van der Waals surface area contributed by atoms with Crippen LogP contribution in [0.4, 0.5) is 0 Å². The van der Waals surface area contributed by atoms with Crippen molar-refractivity contribution in [1.29, 1.82) is 0 Å². The third-order valence-corrected chi connectivity index (χ3v) is 5.75. The Morgan fingerprint density at radius 1 is 1.18 bits per heavy atom. The summed E-state index contributed by atoms with van der Waals surface area (Å²) >= 11 is 0. The molecule has 0 unspecified atom stereocenters. The molecule has 0 N–H and O–H groups in total. The van der Waals surface area contributed by atoms with Crippen LogP contribution in [0.5, 0.6) is 0 Å². The molecule has 0 saturated carbocycles. The van der Waals surface area contributed by atoms with Crippen LogP contribution >= 0.6 is 0 Å². The quantitative estimate of drug-likeness (QED) is 0.809. The van der Waals surface area contributed by atoms with Gasteiger partial charge in [-0.1, -0.05) is 6.92 Å². The van der Waals surface area contributed by atoms with Crippen LogP contribution < -0.4 is 0 Å². The third kappa shape index (κ3) is 4.19. The maximum Gasteiger partial charge on any atom is 0.219 e. The van der Waals surface area contributed by atoms with Gasteiger partial charge in [0.1, 0.15) is 11.6 Å². The number of aromatic nitrogens is 4. The van der Waals surface area contributed by atoms with Crippen molar-refractivity contribution >= 4 is 5.91 Å². The van der Waals surface area contributed by atoms with Crippen LogP contribution in [0.2, 0.25) is 0 Å². The Balaban J connectivity index is 1.42. The highest BCUT2D eigenvalue weighted by Gasteiger charge is 2.26. The Bertz CT molecular complexity index is 837. The molecular formula is C21H28N6O. The van der Waals surface area contributed by atoms with Crippen LogP contribution in [0, 0.1) is 0 Å². The topological polar surface area (TPSA) is 75.1 Å². The predicted molar refractivity (Wildman–Crippen MR) is 105 cm³/mol. The summed E-state index contributed by atoms with van der Waals surface area (Å²) in [5.74, 6) is 2.33. The summed E-state index contributed by atoms with van der Waals surface area (Å²) in [5.41, 5.74) is 3.36. The van der Waals surface area contributed by atoms with Gasteiger partial charge in [0.15, 0.2) is 0 Å². The lowest BCUT2D eigenvalue weighted by Crippen LogP contribution is -2.36. The summed E-state index contributed by atoms with van der Waals surface area (Å²) in [6, 6.07) is 0. The predicted octanol–water partition coefficient (Wildman–Crippen LogP) is 2.11. The molecule has 148 valence electrons. The molecule has 1 amide bonds. The number of nitrogens with zero attached hydrogens (tertiary/aromatic N) is 6. The first kappa shape index (κ1) is 18.9. The number of fused-ring (bicyclic) bond motifs is 1. The van der Waals surface area contributed by atoms with Crippen molar-refractivity contribution in [3.63, 3.8) is 0 Å². The molecule has 2 aliphatic heterocycles. The summed E-state index contributed by atoms with van der Waals surface area (Å²) in [7, 11) is 0. The van der Waals surface area contributed by atoms with Gasteiger partial charge in [0.25, 0.3) is 0 Å². The molecule has 0 bridgehead atoms. The average Bonchev–Trinajstić information content (AvgIpc) is 2.73. The smallest absolute Gasteiger partial charge is 0.219 e. The zero-order valence-electron chi connectivity index (χ0n) is 16.8. The molecule has 0 radical (unpaired) electrons. The molecular weight excluding hydrogens is 352 g/mol. The van der Waals surface area contributed by atoms with Gasteiger partial charge in [0.05, 0.1) is 5.69 Å². The van der Waals surface area contributed by atoms with E-state index in [9.17, 15) is 4.79 Å². The molecule has 4 heterocycles. The molecule has 0 aromatic carbocycles. The molecule has 0 aliphatic carbocycles. The van der Waals surface area contributed by atoms with Gasteiger partial charge in [-0.3, -0.25) is 9.69 Å². The Hall–Kier alpha value is -2.41. The highest BCUT2D eigenvalue weighted by Crippen LogP contribution is 2.27. The summed E-state index contributed by atoms with van der Waals surface area (Å²) in [5, 5.41) is 0. The lowest BCUT2D eigenvalue weighted by atomic mass is 9.96. The number of amides is 1. The molecule has 4 rings (SSSR count). The van der Waals surface area contributed by atoms with Crippen LogP contribution in [0.3, 0.4) is 0 Å². The summed E-state index contributed by atoms with van der Waals surface area (Å²) in [4.78, 5) is 34.3. The normalized spacial score (nSPS) is 20.1. The van der Waals surface area contributed by atoms with E-state index in [1.807, 2.05) is 23.5 Å². The van der Waals surface area contributed by atoms with E-state index in [0.29, 0.717) is 12.5 Å².